The van der Waals surface area contributed by atoms with Crippen LogP contribution >= 0.6 is 0 Å². The summed E-state index contributed by atoms with van der Waals surface area (Å²) in [7, 11) is 0. The molecule has 4 N–H and O–H groups in total. The molecule has 8 heteroatoms. The van der Waals surface area contributed by atoms with Gasteiger partial charge in [-0.15, -0.1) is 5.10 Å². The average Bonchev–Trinajstić information content (AvgIpc) is 3.05. The molecule has 23 heavy (non-hydrogen) atoms. The Hall–Kier alpha value is -2.74. The second-order valence-electron chi connectivity index (χ2n) is 5.01. The smallest absolute Gasteiger partial charge is 0.360 e. The number of aliphatic carboxylic acids is 1. The third-order valence-electron chi connectivity index (χ3n) is 3.29. The fourth-order valence-electron chi connectivity index (χ4n) is 2.06. The summed E-state index contributed by atoms with van der Waals surface area (Å²) in [5.74, 6) is -1.09. The first-order chi connectivity index (χ1) is 11.1. The molecule has 1 amide bonds. The van der Waals surface area contributed by atoms with E-state index >= 15 is 0 Å². The third-order valence-corrected chi connectivity index (χ3v) is 3.29. The first kappa shape index (κ1) is 16.6. The molecule has 1 aromatic heterocycles. The second-order valence-corrected chi connectivity index (χ2v) is 5.01. The van der Waals surface area contributed by atoms with Crippen LogP contribution in [0.1, 0.15) is 19.3 Å². The molecule has 0 aliphatic heterocycles. The normalized spacial score (nSPS) is 11.9. The van der Waals surface area contributed by atoms with E-state index in [0.717, 1.165) is 10.4 Å². The van der Waals surface area contributed by atoms with Gasteiger partial charge < -0.3 is 16.2 Å². The topological polar surface area (TPSA) is 123 Å². The highest BCUT2D eigenvalue weighted by molar-refractivity contribution is 5.83. The quantitative estimate of drug-likeness (QED) is 0.657. The molecular formula is C15H19N5O3. The zero-order chi connectivity index (χ0) is 16.7. The number of rotatable bonds is 7. The van der Waals surface area contributed by atoms with E-state index in [9.17, 15) is 9.59 Å². The number of unbranched alkanes of at least 4 members (excludes halogenated alkanes) is 1. The minimum Gasteiger partial charge on any atom is -0.480 e. The maximum atomic E-state index is 12.1. The molecule has 0 aliphatic carbocycles. The van der Waals surface area contributed by atoms with E-state index in [4.69, 9.17) is 10.8 Å². The minimum absolute atomic E-state index is 0.311. The van der Waals surface area contributed by atoms with Crippen molar-refractivity contribution >= 4 is 12.0 Å². The maximum absolute atomic E-state index is 12.1. The second kappa shape index (κ2) is 8.04. The number of carbonyl (C=O) groups is 2. The number of amides is 1. The highest BCUT2D eigenvalue weighted by Gasteiger charge is 2.21. The van der Waals surface area contributed by atoms with Gasteiger partial charge in [-0.1, -0.05) is 35.1 Å². The van der Waals surface area contributed by atoms with Crippen molar-refractivity contribution in [2.24, 2.45) is 5.73 Å². The number of benzene rings is 1. The van der Waals surface area contributed by atoms with Gasteiger partial charge in [-0.3, -0.25) is 0 Å². The van der Waals surface area contributed by atoms with E-state index in [1.54, 1.807) is 0 Å². The van der Waals surface area contributed by atoms with Gasteiger partial charge in [0.1, 0.15) is 11.7 Å². The predicted molar refractivity (Wildman–Crippen MR) is 83.7 cm³/mol. The third kappa shape index (κ3) is 4.62. The van der Waals surface area contributed by atoms with Crippen LogP contribution < -0.4 is 11.1 Å². The van der Waals surface area contributed by atoms with Crippen LogP contribution in [-0.4, -0.2) is 44.7 Å². The van der Waals surface area contributed by atoms with Crippen molar-refractivity contribution < 1.29 is 14.7 Å². The van der Waals surface area contributed by atoms with Crippen LogP contribution in [0.15, 0.2) is 36.5 Å². The van der Waals surface area contributed by atoms with Gasteiger partial charge in [0.25, 0.3) is 0 Å². The molecule has 1 aromatic carbocycles. The van der Waals surface area contributed by atoms with E-state index in [1.165, 1.54) is 6.20 Å². The number of nitrogens with one attached hydrogen (secondary N) is 1. The summed E-state index contributed by atoms with van der Waals surface area (Å²) in [4.78, 5) is 24.1. The van der Waals surface area contributed by atoms with Crippen LogP contribution in [0.5, 0.6) is 0 Å². The zero-order valence-corrected chi connectivity index (χ0v) is 12.6. The van der Waals surface area contributed by atoms with Crippen LogP contribution in [0, 0.1) is 0 Å². The molecule has 2 aromatic rings. The first-order valence-corrected chi connectivity index (χ1v) is 7.33. The molecular weight excluding hydrogens is 298 g/mol. The average molecular weight is 317 g/mol. The van der Waals surface area contributed by atoms with Crippen LogP contribution in [0.25, 0.3) is 11.3 Å². The van der Waals surface area contributed by atoms with Crippen molar-refractivity contribution in [2.75, 3.05) is 6.54 Å². The summed E-state index contributed by atoms with van der Waals surface area (Å²) in [6.07, 6.45) is 3.09. The molecule has 0 aliphatic rings. The maximum Gasteiger partial charge on any atom is 0.360 e. The lowest BCUT2D eigenvalue weighted by Gasteiger charge is -2.13. The Morgan fingerprint density at radius 1 is 1.26 bits per heavy atom. The van der Waals surface area contributed by atoms with Gasteiger partial charge in [-0.25, -0.2) is 9.59 Å². The molecule has 2 rings (SSSR count). The fraction of sp³-hybridized carbons (Fsp3) is 0.333. The Morgan fingerprint density at radius 2 is 2.00 bits per heavy atom. The van der Waals surface area contributed by atoms with E-state index in [0.29, 0.717) is 31.5 Å². The van der Waals surface area contributed by atoms with Gasteiger partial charge in [0, 0.05) is 5.56 Å². The van der Waals surface area contributed by atoms with Crippen molar-refractivity contribution in [2.45, 2.75) is 25.3 Å². The minimum atomic E-state index is -1.09. The van der Waals surface area contributed by atoms with Gasteiger partial charge in [-0.05, 0) is 25.8 Å². The summed E-state index contributed by atoms with van der Waals surface area (Å²) < 4.78 is 0. The van der Waals surface area contributed by atoms with Crippen molar-refractivity contribution in [3.05, 3.63) is 36.5 Å². The number of aromatic nitrogens is 3. The van der Waals surface area contributed by atoms with Gasteiger partial charge in [0.15, 0.2) is 0 Å². The lowest BCUT2D eigenvalue weighted by atomic mass is 10.1. The monoisotopic (exact) mass is 317 g/mol. The molecule has 0 radical (unpaired) electrons. The van der Waals surface area contributed by atoms with Crippen LogP contribution in [-0.2, 0) is 4.79 Å². The van der Waals surface area contributed by atoms with Gasteiger partial charge in [0.2, 0.25) is 0 Å². The van der Waals surface area contributed by atoms with Gasteiger partial charge in [0.05, 0.1) is 6.20 Å². The van der Waals surface area contributed by atoms with Gasteiger partial charge in [-0.2, -0.15) is 5.10 Å². The van der Waals surface area contributed by atoms with Crippen molar-refractivity contribution in [1.29, 1.82) is 0 Å². The Kier molecular flexibility index (Phi) is 5.81. The number of carboxylic acid groups (broad SMARTS) is 1. The van der Waals surface area contributed by atoms with Gasteiger partial charge >= 0.3 is 12.0 Å². The molecule has 8 nitrogen and oxygen atoms in total. The molecule has 0 bridgehead atoms. The molecule has 0 saturated heterocycles. The number of carbonyl (C=O) groups excluding carboxylic acids is 1. The largest absolute Gasteiger partial charge is 0.480 e. The predicted octanol–water partition coefficient (Wildman–Crippen LogP) is 1.08. The lowest BCUT2D eigenvalue weighted by Crippen LogP contribution is -2.43. The number of hydrogen-bond acceptors (Lipinski definition) is 5. The van der Waals surface area contributed by atoms with E-state index in [2.05, 4.69) is 15.5 Å². The summed E-state index contributed by atoms with van der Waals surface area (Å²) in [6, 6.07) is 7.61. The number of nitrogens with two attached hydrogens (primary N) is 1. The van der Waals surface area contributed by atoms with Crippen molar-refractivity contribution in [1.82, 2.24) is 20.3 Å². The number of hydrogen-bond donors (Lipinski definition) is 3. The molecule has 0 unspecified atom stereocenters. The summed E-state index contributed by atoms with van der Waals surface area (Å²) in [5.41, 5.74) is 6.74. The Balaban J connectivity index is 2.02. The number of carboxylic acids is 1. The summed E-state index contributed by atoms with van der Waals surface area (Å²) in [5, 5.41) is 19.5. The highest BCUT2D eigenvalue weighted by atomic mass is 16.4. The Bertz CT molecular complexity index is 656. The van der Waals surface area contributed by atoms with Crippen LogP contribution in [0.2, 0.25) is 0 Å². The molecule has 0 spiro atoms. The first-order valence-electron chi connectivity index (χ1n) is 7.33. The molecule has 122 valence electrons. The molecule has 0 saturated carbocycles. The lowest BCUT2D eigenvalue weighted by molar-refractivity contribution is -0.139. The SMILES string of the molecule is NCCCC[C@H](NC(=O)n1ncc(-c2ccccc2)n1)C(=O)O. The number of nitrogens with zero attached hydrogens (tertiary/aromatic N) is 3. The Labute approximate surface area is 133 Å². The van der Waals surface area contributed by atoms with Crippen LogP contribution in [0.4, 0.5) is 4.79 Å². The fourth-order valence-corrected chi connectivity index (χ4v) is 2.06. The summed E-state index contributed by atoms with van der Waals surface area (Å²) >= 11 is 0. The standard InChI is InChI=1S/C15H19N5O3/c16-9-5-4-8-12(14(21)22)18-15(23)20-17-10-13(19-20)11-6-2-1-3-7-11/h1-3,6-7,10,12H,4-5,8-9,16H2,(H,18,23)(H,21,22)/t12-/m0/s1. The zero-order valence-electron chi connectivity index (χ0n) is 12.6. The van der Waals surface area contributed by atoms with E-state index in [-0.39, 0.29) is 0 Å². The summed E-state index contributed by atoms with van der Waals surface area (Å²) in [6.45, 7) is 0.488. The highest BCUT2D eigenvalue weighted by Crippen LogP contribution is 2.14. The van der Waals surface area contributed by atoms with Crippen LogP contribution in [0.3, 0.4) is 0 Å². The van der Waals surface area contributed by atoms with E-state index in [1.807, 2.05) is 30.3 Å². The van der Waals surface area contributed by atoms with Crippen molar-refractivity contribution in [3.8, 4) is 11.3 Å². The van der Waals surface area contributed by atoms with E-state index < -0.39 is 18.0 Å². The van der Waals surface area contributed by atoms with Crippen molar-refractivity contribution in [3.63, 3.8) is 0 Å². The molecule has 1 heterocycles. The molecule has 0 fully saturated rings. The molecule has 1 atom stereocenters. The Morgan fingerprint density at radius 3 is 2.65 bits per heavy atom.